The summed E-state index contributed by atoms with van der Waals surface area (Å²) in [6.45, 7) is 3.26. The van der Waals surface area contributed by atoms with Crippen LogP contribution in [0.2, 0.25) is 0 Å². The van der Waals surface area contributed by atoms with Gasteiger partial charge in [-0.05, 0) is 26.0 Å². The minimum atomic E-state index is -0.985. The van der Waals surface area contributed by atoms with E-state index in [4.69, 9.17) is 0 Å². The van der Waals surface area contributed by atoms with E-state index >= 15 is 0 Å². The molecule has 3 nitrogen and oxygen atoms in total. The van der Waals surface area contributed by atoms with E-state index < -0.39 is 17.2 Å². The van der Waals surface area contributed by atoms with Gasteiger partial charge in [-0.25, -0.2) is 8.78 Å². The first-order chi connectivity index (χ1) is 8.28. The number of rotatable bonds is 5. The summed E-state index contributed by atoms with van der Waals surface area (Å²) in [4.78, 5) is 11.6. The third kappa shape index (κ3) is 5.46. The van der Waals surface area contributed by atoms with E-state index in [1.807, 2.05) is 0 Å². The third-order valence-corrected chi connectivity index (χ3v) is 3.02. The van der Waals surface area contributed by atoms with E-state index in [0.717, 1.165) is 23.9 Å². The van der Waals surface area contributed by atoms with Crippen LogP contribution in [0.3, 0.4) is 0 Å². The molecule has 0 aliphatic rings. The molecule has 1 rings (SSSR count). The molecule has 100 valence electrons. The fourth-order valence-corrected chi connectivity index (χ4v) is 1.85. The molecule has 2 N–H and O–H groups in total. The van der Waals surface area contributed by atoms with Crippen molar-refractivity contribution in [3.8, 4) is 0 Å². The highest BCUT2D eigenvalue weighted by molar-refractivity contribution is 8.00. The Kier molecular flexibility index (Phi) is 5.10. The zero-order chi connectivity index (χ0) is 13.8. The fourth-order valence-electron chi connectivity index (χ4n) is 1.10. The molecule has 1 aromatic rings. The van der Waals surface area contributed by atoms with Crippen LogP contribution in [0.15, 0.2) is 23.1 Å². The lowest BCUT2D eigenvalue weighted by Crippen LogP contribution is -2.38. The number of benzene rings is 1. The molecule has 0 radical (unpaired) electrons. The number of carbonyl (C=O) groups excluding carboxylic acids is 1. The first-order valence-electron chi connectivity index (χ1n) is 5.35. The molecule has 0 aliphatic heterocycles. The molecular formula is C12H15F2NO2S. The van der Waals surface area contributed by atoms with Gasteiger partial charge in [-0.1, -0.05) is 0 Å². The van der Waals surface area contributed by atoms with Crippen LogP contribution in [0.4, 0.5) is 8.78 Å². The first kappa shape index (κ1) is 14.9. The van der Waals surface area contributed by atoms with E-state index in [-0.39, 0.29) is 23.1 Å². The van der Waals surface area contributed by atoms with Crippen molar-refractivity contribution >= 4 is 17.7 Å². The minimum absolute atomic E-state index is 0.0125. The van der Waals surface area contributed by atoms with Crippen molar-refractivity contribution in [2.24, 2.45) is 0 Å². The van der Waals surface area contributed by atoms with Crippen LogP contribution in [0, 0.1) is 11.6 Å². The molecule has 0 spiro atoms. The van der Waals surface area contributed by atoms with Crippen molar-refractivity contribution in [3.63, 3.8) is 0 Å². The second-order valence-corrected chi connectivity index (χ2v) is 5.47. The van der Waals surface area contributed by atoms with Crippen LogP contribution in [0.1, 0.15) is 13.8 Å². The molecule has 18 heavy (non-hydrogen) atoms. The van der Waals surface area contributed by atoms with Crippen molar-refractivity contribution in [2.75, 3.05) is 12.3 Å². The van der Waals surface area contributed by atoms with Crippen molar-refractivity contribution in [3.05, 3.63) is 29.8 Å². The van der Waals surface area contributed by atoms with Crippen LogP contribution in [0.5, 0.6) is 0 Å². The van der Waals surface area contributed by atoms with Crippen molar-refractivity contribution < 1.29 is 18.7 Å². The number of halogens is 2. The summed E-state index contributed by atoms with van der Waals surface area (Å²) in [6, 6.07) is 3.20. The monoisotopic (exact) mass is 275 g/mol. The Morgan fingerprint density at radius 2 is 2.11 bits per heavy atom. The molecule has 0 saturated carbocycles. The van der Waals surface area contributed by atoms with Crippen LogP contribution in [0.25, 0.3) is 0 Å². The molecule has 0 atom stereocenters. The highest BCUT2D eigenvalue weighted by Gasteiger charge is 2.14. The van der Waals surface area contributed by atoms with Crippen LogP contribution >= 0.6 is 11.8 Å². The van der Waals surface area contributed by atoms with E-state index in [2.05, 4.69) is 5.32 Å². The Morgan fingerprint density at radius 3 is 2.67 bits per heavy atom. The average Bonchev–Trinajstić information content (AvgIpc) is 2.24. The van der Waals surface area contributed by atoms with Crippen LogP contribution < -0.4 is 5.32 Å². The predicted octanol–water partition coefficient (Wildman–Crippen LogP) is 1.94. The quantitative estimate of drug-likeness (QED) is 0.807. The van der Waals surface area contributed by atoms with Crippen LogP contribution in [-0.2, 0) is 4.79 Å². The van der Waals surface area contributed by atoms with Gasteiger partial charge in [-0.3, -0.25) is 4.79 Å². The topological polar surface area (TPSA) is 49.3 Å². The van der Waals surface area contributed by atoms with Crippen molar-refractivity contribution in [1.29, 1.82) is 0 Å². The highest BCUT2D eigenvalue weighted by atomic mass is 32.2. The average molecular weight is 275 g/mol. The number of amides is 1. The second kappa shape index (κ2) is 6.15. The number of aliphatic hydroxyl groups is 1. The van der Waals surface area contributed by atoms with Gasteiger partial charge < -0.3 is 10.4 Å². The van der Waals surface area contributed by atoms with Crippen molar-refractivity contribution in [1.82, 2.24) is 5.32 Å². The maximum atomic E-state index is 13.2. The molecule has 0 heterocycles. The Labute approximate surface area is 109 Å². The lowest BCUT2D eigenvalue weighted by atomic mass is 10.1. The molecule has 1 amide bonds. The Morgan fingerprint density at radius 1 is 1.44 bits per heavy atom. The number of hydrogen-bond acceptors (Lipinski definition) is 3. The summed E-state index contributed by atoms with van der Waals surface area (Å²) in [5.74, 6) is -1.64. The van der Waals surface area contributed by atoms with Gasteiger partial charge in [0.1, 0.15) is 11.6 Å². The number of hydrogen-bond donors (Lipinski definition) is 2. The zero-order valence-corrected chi connectivity index (χ0v) is 11.0. The molecule has 0 aliphatic carbocycles. The normalized spacial score (nSPS) is 11.4. The van der Waals surface area contributed by atoms with Gasteiger partial charge in [0.25, 0.3) is 0 Å². The Bertz CT molecular complexity index is 433. The molecule has 0 fully saturated rings. The summed E-state index contributed by atoms with van der Waals surface area (Å²) in [7, 11) is 0. The maximum Gasteiger partial charge on any atom is 0.230 e. The molecule has 1 aromatic carbocycles. The number of thioether (sulfide) groups is 1. The summed E-state index contributed by atoms with van der Waals surface area (Å²) < 4.78 is 25.9. The van der Waals surface area contributed by atoms with Gasteiger partial charge in [0.2, 0.25) is 5.91 Å². The Hall–Kier alpha value is -1.14. The summed E-state index contributed by atoms with van der Waals surface area (Å²) in [5.41, 5.74) is -0.985. The van der Waals surface area contributed by atoms with E-state index in [1.54, 1.807) is 13.8 Å². The smallest absolute Gasteiger partial charge is 0.230 e. The summed E-state index contributed by atoms with van der Waals surface area (Å²) in [6.07, 6.45) is 0. The number of carbonyl (C=O) groups is 1. The molecule has 0 saturated heterocycles. The van der Waals surface area contributed by atoms with E-state index in [9.17, 15) is 18.7 Å². The highest BCUT2D eigenvalue weighted by Crippen LogP contribution is 2.21. The van der Waals surface area contributed by atoms with Crippen molar-refractivity contribution in [2.45, 2.75) is 24.3 Å². The molecule has 0 aromatic heterocycles. The lowest BCUT2D eigenvalue weighted by Gasteiger charge is -2.17. The fraction of sp³-hybridized carbons (Fsp3) is 0.417. The molecule has 0 unspecified atom stereocenters. The van der Waals surface area contributed by atoms with Gasteiger partial charge in [-0.2, -0.15) is 0 Å². The maximum absolute atomic E-state index is 13.2. The molecule has 6 heteroatoms. The van der Waals surface area contributed by atoms with Gasteiger partial charge >= 0.3 is 0 Å². The van der Waals surface area contributed by atoms with Gasteiger partial charge in [0.15, 0.2) is 0 Å². The van der Waals surface area contributed by atoms with Crippen LogP contribution in [-0.4, -0.2) is 28.9 Å². The molecule has 0 bridgehead atoms. The van der Waals surface area contributed by atoms with E-state index in [0.29, 0.717) is 0 Å². The number of nitrogens with one attached hydrogen (secondary N) is 1. The largest absolute Gasteiger partial charge is 0.389 e. The minimum Gasteiger partial charge on any atom is -0.389 e. The first-order valence-corrected chi connectivity index (χ1v) is 6.33. The lowest BCUT2D eigenvalue weighted by molar-refractivity contribution is -0.119. The Balaban J connectivity index is 2.43. The molecular weight excluding hydrogens is 260 g/mol. The van der Waals surface area contributed by atoms with Gasteiger partial charge in [0.05, 0.1) is 11.4 Å². The summed E-state index contributed by atoms with van der Waals surface area (Å²) >= 11 is 0.979. The predicted molar refractivity (Wildman–Crippen MR) is 66.4 cm³/mol. The second-order valence-electron chi connectivity index (χ2n) is 4.45. The van der Waals surface area contributed by atoms with E-state index in [1.165, 1.54) is 6.07 Å². The standard InChI is InChI=1S/C12H15F2NO2S/c1-12(2,17)7-15-11(16)6-18-10-4-3-8(13)5-9(10)14/h3-5,17H,6-7H2,1-2H3,(H,15,16). The SMILES string of the molecule is CC(C)(O)CNC(=O)CSc1ccc(F)cc1F. The summed E-state index contributed by atoms with van der Waals surface area (Å²) in [5, 5.41) is 11.9. The third-order valence-electron chi connectivity index (χ3n) is 1.97. The van der Waals surface area contributed by atoms with Gasteiger partial charge in [-0.15, -0.1) is 11.8 Å². The zero-order valence-electron chi connectivity index (χ0n) is 10.2. The van der Waals surface area contributed by atoms with Gasteiger partial charge in [0, 0.05) is 17.5 Å².